The highest BCUT2D eigenvalue weighted by Gasteiger charge is 2.17. The summed E-state index contributed by atoms with van der Waals surface area (Å²) < 4.78 is 9.82. The molecule has 0 spiro atoms. The number of amides is 1. The van der Waals surface area contributed by atoms with E-state index < -0.39 is 29.4 Å². The predicted molar refractivity (Wildman–Crippen MR) is 96.9 cm³/mol. The number of nitro groups is 1. The van der Waals surface area contributed by atoms with Crippen molar-refractivity contribution in [2.45, 2.75) is 13.3 Å². The van der Waals surface area contributed by atoms with E-state index in [9.17, 15) is 24.5 Å². The van der Waals surface area contributed by atoms with Crippen LogP contribution >= 0.6 is 11.3 Å². The lowest BCUT2D eigenvalue weighted by atomic mass is 10.2. The van der Waals surface area contributed by atoms with Crippen molar-refractivity contribution >= 4 is 39.9 Å². The van der Waals surface area contributed by atoms with Gasteiger partial charge in [-0.3, -0.25) is 14.9 Å². The average molecular weight is 392 g/mol. The number of carbonyl (C=O) groups excluding carboxylic acids is 3. The molecule has 142 valence electrons. The molecule has 0 fully saturated rings. The molecule has 1 aromatic carbocycles. The molecule has 1 amide bonds. The highest BCUT2D eigenvalue weighted by Crippen LogP contribution is 2.24. The number of nitrogens with one attached hydrogen (secondary N) is 1. The summed E-state index contributed by atoms with van der Waals surface area (Å²) in [5, 5.41) is 12.9. The first-order valence-electron chi connectivity index (χ1n) is 7.89. The Balaban J connectivity index is 1.83. The molecule has 0 unspecified atom stereocenters. The minimum Gasteiger partial charge on any atom is -0.462 e. The van der Waals surface area contributed by atoms with Crippen molar-refractivity contribution in [2.75, 3.05) is 18.5 Å². The molecule has 27 heavy (non-hydrogen) atoms. The second-order valence-corrected chi connectivity index (χ2v) is 6.29. The smallest absolute Gasteiger partial charge is 0.349 e. The summed E-state index contributed by atoms with van der Waals surface area (Å²) in [6.45, 7) is 1.67. The van der Waals surface area contributed by atoms with E-state index in [2.05, 4.69) is 5.32 Å². The minimum atomic E-state index is -0.822. The lowest BCUT2D eigenvalue weighted by Crippen LogP contribution is -2.20. The van der Waals surface area contributed by atoms with Crippen LogP contribution < -0.4 is 5.32 Å². The Kier molecular flexibility index (Phi) is 7.00. The lowest BCUT2D eigenvalue weighted by molar-refractivity contribution is -0.380. The molecule has 1 N–H and O–H groups in total. The molecule has 2 aromatic rings. The second kappa shape index (κ2) is 9.43. The van der Waals surface area contributed by atoms with Gasteiger partial charge in [-0.2, -0.15) is 0 Å². The summed E-state index contributed by atoms with van der Waals surface area (Å²) in [5.41, 5.74) is 0.766. The summed E-state index contributed by atoms with van der Waals surface area (Å²) >= 11 is 0.665. The molecule has 0 aliphatic rings. The van der Waals surface area contributed by atoms with Crippen LogP contribution in [0.4, 0.5) is 10.7 Å². The first-order chi connectivity index (χ1) is 12.9. The van der Waals surface area contributed by atoms with Crippen molar-refractivity contribution in [3.05, 3.63) is 57.0 Å². The van der Waals surface area contributed by atoms with Crippen molar-refractivity contribution in [1.29, 1.82) is 0 Å². The zero-order chi connectivity index (χ0) is 19.8. The number of thiophene rings is 1. The maximum atomic E-state index is 11.8. The van der Waals surface area contributed by atoms with Crippen molar-refractivity contribution in [2.24, 2.45) is 0 Å². The van der Waals surface area contributed by atoms with E-state index in [1.807, 2.05) is 6.92 Å². The topological polar surface area (TPSA) is 125 Å². The normalized spacial score (nSPS) is 10.1. The van der Waals surface area contributed by atoms with Gasteiger partial charge >= 0.3 is 16.9 Å². The quantitative estimate of drug-likeness (QED) is 0.416. The van der Waals surface area contributed by atoms with Crippen molar-refractivity contribution in [3.8, 4) is 0 Å². The van der Waals surface area contributed by atoms with Gasteiger partial charge in [-0.15, -0.1) is 0 Å². The van der Waals surface area contributed by atoms with Crippen LogP contribution in [0.15, 0.2) is 36.4 Å². The molecule has 1 aromatic heterocycles. The lowest BCUT2D eigenvalue weighted by Gasteiger charge is -2.07. The fourth-order valence-corrected chi connectivity index (χ4v) is 2.62. The van der Waals surface area contributed by atoms with Gasteiger partial charge in [-0.05, 0) is 36.8 Å². The van der Waals surface area contributed by atoms with Crippen molar-refractivity contribution in [1.82, 2.24) is 0 Å². The van der Waals surface area contributed by atoms with Crippen LogP contribution in [-0.2, 0) is 14.3 Å². The molecule has 0 bridgehead atoms. The summed E-state index contributed by atoms with van der Waals surface area (Å²) in [7, 11) is 0. The van der Waals surface area contributed by atoms with Crippen LogP contribution in [0.25, 0.3) is 0 Å². The number of rotatable bonds is 8. The number of benzene rings is 1. The van der Waals surface area contributed by atoms with Gasteiger partial charge in [0.1, 0.15) is 4.88 Å². The van der Waals surface area contributed by atoms with Crippen LogP contribution in [0.3, 0.4) is 0 Å². The number of ether oxygens (including phenoxy) is 2. The first-order valence-corrected chi connectivity index (χ1v) is 8.70. The fraction of sp³-hybridized carbons (Fsp3) is 0.235. The van der Waals surface area contributed by atoms with E-state index >= 15 is 0 Å². The Morgan fingerprint density at radius 2 is 1.78 bits per heavy atom. The standard InChI is InChI=1S/C17H16N2O7S/c1-2-9-25-16(21)11-3-5-12(6-4-11)18-14(20)10-26-17(22)13-7-8-15(27-13)19(23)24/h3-8H,2,9-10H2,1H3,(H,18,20). The third-order valence-electron chi connectivity index (χ3n) is 3.15. The number of hydrogen-bond donors (Lipinski definition) is 1. The number of carbonyl (C=O) groups is 3. The number of hydrogen-bond acceptors (Lipinski definition) is 8. The molecule has 0 radical (unpaired) electrons. The highest BCUT2D eigenvalue weighted by atomic mass is 32.1. The van der Waals surface area contributed by atoms with E-state index in [-0.39, 0.29) is 9.88 Å². The number of anilines is 1. The predicted octanol–water partition coefficient (Wildman–Crippen LogP) is 3.02. The second-order valence-electron chi connectivity index (χ2n) is 5.23. The molecular weight excluding hydrogens is 376 g/mol. The molecule has 10 heteroatoms. The summed E-state index contributed by atoms with van der Waals surface area (Å²) in [6, 6.07) is 8.50. The van der Waals surface area contributed by atoms with E-state index in [1.54, 1.807) is 0 Å². The van der Waals surface area contributed by atoms with Crippen molar-refractivity contribution < 1.29 is 28.8 Å². The zero-order valence-corrected chi connectivity index (χ0v) is 15.1. The summed E-state index contributed by atoms with van der Waals surface area (Å²) in [5.74, 6) is -1.86. The third kappa shape index (κ3) is 5.89. The maximum absolute atomic E-state index is 11.8. The van der Waals surface area contributed by atoms with Gasteiger partial charge in [0, 0.05) is 11.8 Å². The van der Waals surface area contributed by atoms with Crippen molar-refractivity contribution in [3.63, 3.8) is 0 Å². The summed E-state index contributed by atoms with van der Waals surface area (Å²) in [6.07, 6.45) is 0.720. The van der Waals surface area contributed by atoms with Crippen LogP contribution in [0, 0.1) is 10.1 Å². The summed E-state index contributed by atoms with van der Waals surface area (Å²) in [4.78, 5) is 45.3. The first kappa shape index (κ1) is 20.0. The Morgan fingerprint density at radius 1 is 1.07 bits per heavy atom. The monoisotopic (exact) mass is 392 g/mol. The molecule has 0 saturated heterocycles. The largest absolute Gasteiger partial charge is 0.462 e. The minimum absolute atomic E-state index is 0.0319. The Morgan fingerprint density at radius 3 is 2.37 bits per heavy atom. The van der Waals surface area contributed by atoms with E-state index in [0.717, 1.165) is 6.42 Å². The molecular formula is C17H16N2O7S. The van der Waals surface area contributed by atoms with Crippen LogP contribution in [0.5, 0.6) is 0 Å². The van der Waals surface area contributed by atoms with Crippen LogP contribution in [-0.4, -0.2) is 36.0 Å². The molecule has 2 rings (SSSR count). The van der Waals surface area contributed by atoms with Crippen LogP contribution in [0.2, 0.25) is 0 Å². The maximum Gasteiger partial charge on any atom is 0.349 e. The van der Waals surface area contributed by atoms with E-state index in [0.29, 0.717) is 29.2 Å². The molecule has 0 saturated carbocycles. The SMILES string of the molecule is CCCOC(=O)c1ccc(NC(=O)COC(=O)c2ccc([N+](=O)[O-])s2)cc1. The zero-order valence-electron chi connectivity index (χ0n) is 14.3. The van der Waals surface area contributed by atoms with Gasteiger partial charge in [0.2, 0.25) is 0 Å². The van der Waals surface area contributed by atoms with Gasteiger partial charge < -0.3 is 14.8 Å². The molecule has 0 aliphatic heterocycles. The highest BCUT2D eigenvalue weighted by molar-refractivity contribution is 7.17. The molecule has 1 heterocycles. The fourth-order valence-electron chi connectivity index (χ4n) is 1.90. The van der Waals surface area contributed by atoms with Crippen LogP contribution in [0.1, 0.15) is 33.4 Å². The number of nitrogens with zero attached hydrogens (tertiary/aromatic N) is 1. The Hall–Kier alpha value is -3.27. The Bertz CT molecular complexity index is 845. The molecule has 9 nitrogen and oxygen atoms in total. The van der Waals surface area contributed by atoms with Gasteiger partial charge in [0.05, 0.1) is 17.1 Å². The van der Waals surface area contributed by atoms with Gasteiger partial charge in [-0.25, -0.2) is 9.59 Å². The van der Waals surface area contributed by atoms with E-state index in [1.165, 1.54) is 36.4 Å². The van der Waals surface area contributed by atoms with Gasteiger partial charge in [-0.1, -0.05) is 18.3 Å². The Labute approximate surface area is 158 Å². The molecule has 0 atom stereocenters. The number of esters is 2. The van der Waals surface area contributed by atoms with Gasteiger partial charge in [0.25, 0.3) is 5.91 Å². The van der Waals surface area contributed by atoms with E-state index in [4.69, 9.17) is 9.47 Å². The van der Waals surface area contributed by atoms with Gasteiger partial charge in [0.15, 0.2) is 6.61 Å². The average Bonchev–Trinajstić information content (AvgIpc) is 3.15. The molecule has 0 aliphatic carbocycles. The third-order valence-corrected chi connectivity index (χ3v) is 4.17.